The Hall–Kier alpha value is -0.530. The Balaban J connectivity index is 1.87. The monoisotopic (exact) mass is 292 g/mol. The molecular formula is C18H25ClO. The van der Waals surface area contributed by atoms with Crippen molar-refractivity contribution in [2.45, 2.75) is 64.5 Å². The number of ether oxygens (including phenoxy) is 1. The Morgan fingerprint density at radius 2 is 1.85 bits per heavy atom. The molecule has 1 unspecified atom stereocenters. The Morgan fingerprint density at radius 1 is 1.15 bits per heavy atom. The van der Waals surface area contributed by atoms with Gasteiger partial charge in [-0.1, -0.05) is 44.9 Å². The molecule has 1 fully saturated rings. The van der Waals surface area contributed by atoms with Crippen LogP contribution in [-0.2, 0) is 18.0 Å². The van der Waals surface area contributed by atoms with E-state index in [-0.39, 0.29) is 5.38 Å². The number of benzene rings is 1. The van der Waals surface area contributed by atoms with E-state index >= 15 is 0 Å². The standard InChI is InChI=1S/C18H25ClO/c1-13(2)10-18(7-3-4-8-18)17(19)14-5-6-15-11-20-12-16(15)9-14/h5-6,9,13,17H,3-4,7-8,10-12H2,1-2H3. The van der Waals surface area contributed by atoms with Crippen LogP contribution in [0.3, 0.4) is 0 Å². The van der Waals surface area contributed by atoms with Crippen molar-refractivity contribution in [3.63, 3.8) is 0 Å². The Morgan fingerprint density at radius 3 is 2.55 bits per heavy atom. The Kier molecular flexibility index (Phi) is 4.10. The first kappa shape index (κ1) is 14.4. The third-order valence-corrected chi connectivity index (χ3v) is 5.70. The van der Waals surface area contributed by atoms with Gasteiger partial charge in [-0.3, -0.25) is 0 Å². The SMILES string of the molecule is CC(C)CC1(C(Cl)c2ccc3c(c2)COC3)CCCC1. The second kappa shape index (κ2) is 5.69. The molecule has 20 heavy (non-hydrogen) atoms. The van der Waals surface area contributed by atoms with Crippen LogP contribution in [0.15, 0.2) is 18.2 Å². The lowest BCUT2D eigenvalue weighted by Gasteiger charge is -2.36. The molecule has 3 rings (SSSR count). The van der Waals surface area contributed by atoms with Crippen molar-refractivity contribution in [1.29, 1.82) is 0 Å². The second-order valence-corrected chi connectivity index (χ2v) is 7.49. The highest BCUT2D eigenvalue weighted by atomic mass is 35.5. The van der Waals surface area contributed by atoms with Crippen molar-refractivity contribution < 1.29 is 4.74 Å². The molecule has 0 N–H and O–H groups in total. The van der Waals surface area contributed by atoms with Gasteiger partial charge in [0.2, 0.25) is 0 Å². The predicted molar refractivity (Wildman–Crippen MR) is 83.9 cm³/mol. The maximum Gasteiger partial charge on any atom is 0.0725 e. The summed E-state index contributed by atoms with van der Waals surface area (Å²) in [4.78, 5) is 0. The molecule has 1 heterocycles. The summed E-state index contributed by atoms with van der Waals surface area (Å²) in [5.41, 5.74) is 4.29. The van der Waals surface area contributed by atoms with Gasteiger partial charge in [-0.25, -0.2) is 0 Å². The van der Waals surface area contributed by atoms with E-state index in [2.05, 4.69) is 32.0 Å². The molecule has 0 saturated heterocycles. The fraction of sp³-hybridized carbons (Fsp3) is 0.667. The van der Waals surface area contributed by atoms with Gasteiger partial charge in [0.15, 0.2) is 0 Å². The molecule has 1 nitrogen and oxygen atoms in total. The Bertz CT molecular complexity index is 474. The maximum atomic E-state index is 6.97. The molecule has 0 bridgehead atoms. The van der Waals surface area contributed by atoms with E-state index in [1.165, 1.54) is 48.8 Å². The minimum absolute atomic E-state index is 0.151. The molecule has 1 aliphatic carbocycles. The van der Waals surface area contributed by atoms with Gasteiger partial charge in [0.05, 0.1) is 18.6 Å². The summed E-state index contributed by atoms with van der Waals surface area (Å²) in [6, 6.07) is 6.73. The van der Waals surface area contributed by atoms with Crippen LogP contribution in [0.5, 0.6) is 0 Å². The highest BCUT2D eigenvalue weighted by molar-refractivity contribution is 6.21. The molecular weight excluding hydrogens is 268 g/mol. The van der Waals surface area contributed by atoms with E-state index < -0.39 is 0 Å². The van der Waals surface area contributed by atoms with E-state index in [9.17, 15) is 0 Å². The van der Waals surface area contributed by atoms with Crippen LogP contribution < -0.4 is 0 Å². The van der Waals surface area contributed by atoms with Gasteiger partial charge in [-0.05, 0) is 47.3 Å². The third kappa shape index (κ3) is 2.63. The summed E-state index contributed by atoms with van der Waals surface area (Å²) in [5, 5.41) is 0.151. The zero-order valence-corrected chi connectivity index (χ0v) is 13.4. The number of hydrogen-bond donors (Lipinski definition) is 0. The van der Waals surface area contributed by atoms with Gasteiger partial charge in [0, 0.05) is 0 Å². The van der Waals surface area contributed by atoms with Gasteiger partial charge in [-0.2, -0.15) is 0 Å². The minimum atomic E-state index is 0.151. The van der Waals surface area contributed by atoms with Crippen molar-refractivity contribution in [3.8, 4) is 0 Å². The van der Waals surface area contributed by atoms with Crippen molar-refractivity contribution in [3.05, 3.63) is 34.9 Å². The van der Waals surface area contributed by atoms with Crippen LogP contribution in [0.4, 0.5) is 0 Å². The van der Waals surface area contributed by atoms with Crippen molar-refractivity contribution in [2.75, 3.05) is 0 Å². The van der Waals surface area contributed by atoms with Crippen LogP contribution in [0.2, 0.25) is 0 Å². The predicted octanol–water partition coefficient (Wildman–Crippen LogP) is 5.60. The molecule has 1 atom stereocenters. The smallest absolute Gasteiger partial charge is 0.0725 e. The molecule has 2 heteroatoms. The number of fused-ring (bicyclic) bond motifs is 1. The lowest BCUT2D eigenvalue weighted by Crippen LogP contribution is -2.24. The molecule has 0 amide bonds. The van der Waals surface area contributed by atoms with Gasteiger partial charge < -0.3 is 4.74 Å². The quantitative estimate of drug-likeness (QED) is 0.656. The largest absolute Gasteiger partial charge is 0.372 e. The number of rotatable bonds is 4. The van der Waals surface area contributed by atoms with Crippen molar-refractivity contribution in [1.82, 2.24) is 0 Å². The molecule has 0 radical (unpaired) electrons. The van der Waals surface area contributed by atoms with Gasteiger partial charge in [-0.15, -0.1) is 11.6 Å². The summed E-state index contributed by atoms with van der Waals surface area (Å²) in [6.07, 6.45) is 6.49. The number of halogens is 1. The lowest BCUT2D eigenvalue weighted by atomic mass is 9.73. The van der Waals surface area contributed by atoms with Crippen LogP contribution in [-0.4, -0.2) is 0 Å². The molecule has 2 aliphatic rings. The molecule has 1 aromatic rings. The first-order valence-electron chi connectivity index (χ1n) is 7.94. The average molecular weight is 293 g/mol. The summed E-state index contributed by atoms with van der Waals surface area (Å²) in [7, 11) is 0. The van der Waals surface area contributed by atoms with Crippen LogP contribution in [0.25, 0.3) is 0 Å². The second-order valence-electron chi connectivity index (χ2n) is 7.05. The highest BCUT2D eigenvalue weighted by Gasteiger charge is 2.41. The first-order valence-corrected chi connectivity index (χ1v) is 8.38. The lowest BCUT2D eigenvalue weighted by molar-refractivity contribution is 0.134. The Labute approximate surface area is 127 Å². The molecule has 110 valence electrons. The van der Waals surface area contributed by atoms with E-state index in [0.717, 1.165) is 13.2 Å². The van der Waals surface area contributed by atoms with Crippen LogP contribution in [0, 0.1) is 11.3 Å². The average Bonchev–Trinajstić information content (AvgIpc) is 3.05. The topological polar surface area (TPSA) is 9.23 Å². The van der Waals surface area contributed by atoms with Gasteiger partial charge in [0.1, 0.15) is 0 Å². The molecule has 1 saturated carbocycles. The van der Waals surface area contributed by atoms with E-state index in [4.69, 9.17) is 16.3 Å². The van der Waals surface area contributed by atoms with E-state index in [1.54, 1.807) is 0 Å². The first-order chi connectivity index (χ1) is 9.61. The highest BCUT2D eigenvalue weighted by Crippen LogP contribution is 2.54. The third-order valence-electron chi connectivity index (χ3n) is 4.99. The summed E-state index contributed by atoms with van der Waals surface area (Å²) in [5.74, 6) is 0.715. The molecule has 1 aliphatic heterocycles. The van der Waals surface area contributed by atoms with Crippen molar-refractivity contribution in [2.24, 2.45) is 11.3 Å². The normalized spacial score (nSPS) is 22.2. The fourth-order valence-corrected chi connectivity index (χ4v) is 4.60. The minimum Gasteiger partial charge on any atom is -0.372 e. The van der Waals surface area contributed by atoms with Crippen LogP contribution in [0.1, 0.15) is 68.0 Å². The zero-order chi connectivity index (χ0) is 14.2. The summed E-state index contributed by atoms with van der Waals surface area (Å²) in [6.45, 7) is 6.16. The van der Waals surface area contributed by atoms with Gasteiger partial charge in [0.25, 0.3) is 0 Å². The molecule has 1 aromatic carbocycles. The van der Waals surface area contributed by atoms with E-state index in [0.29, 0.717) is 11.3 Å². The zero-order valence-electron chi connectivity index (χ0n) is 12.6. The van der Waals surface area contributed by atoms with Gasteiger partial charge >= 0.3 is 0 Å². The van der Waals surface area contributed by atoms with Crippen molar-refractivity contribution >= 4 is 11.6 Å². The summed E-state index contributed by atoms with van der Waals surface area (Å²) >= 11 is 6.97. The van der Waals surface area contributed by atoms with Crippen LogP contribution >= 0.6 is 11.6 Å². The number of hydrogen-bond acceptors (Lipinski definition) is 1. The fourth-order valence-electron chi connectivity index (χ4n) is 4.16. The summed E-state index contributed by atoms with van der Waals surface area (Å²) < 4.78 is 5.52. The van der Waals surface area contributed by atoms with E-state index in [1.807, 2.05) is 0 Å². The molecule has 0 spiro atoms. The molecule has 0 aromatic heterocycles. The maximum absolute atomic E-state index is 6.97. The number of alkyl halides is 1.